The molecule has 1 fully saturated rings. The number of fused-ring (bicyclic) bond motifs is 1. The van der Waals surface area contributed by atoms with Crippen LogP contribution in [0.3, 0.4) is 0 Å². The zero-order valence-corrected chi connectivity index (χ0v) is 21.2. The fraction of sp³-hybridized carbons (Fsp3) is 0.417. The number of sulfonamides is 1. The zero-order valence-electron chi connectivity index (χ0n) is 19.6. The first-order valence-electron chi connectivity index (χ1n) is 11.4. The van der Waals surface area contributed by atoms with E-state index in [0.29, 0.717) is 36.7 Å². The molecule has 3 aromatic rings. The predicted molar refractivity (Wildman–Crippen MR) is 132 cm³/mol. The van der Waals surface area contributed by atoms with Crippen LogP contribution in [-0.4, -0.2) is 56.1 Å². The Morgan fingerprint density at radius 2 is 2.00 bits per heavy atom. The average Bonchev–Trinajstić information content (AvgIpc) is 3.46. The molecule has 182 valence electrons. The number of rotatable bonds is 8. The molecule has 10 heteroatoms. The largest absolute Gasteiger partial charge is 0.494 e. The Labute approximate surface area is 203 Å². The summed E-state index contributed by atoms with van der Waals surface area (Å²) in [6.07, 6.45) is 1.73. The molecular weight excluding hydrogens is 474 g/mol. The molecule has 0 spiro atoms. The second-order valence-electron chi connectivity index (χ2n) is 8.05. The van der Waals surface area contributed by atoms with E-state index in [9.17, 15) is 13.2 Å². The van der Waals surface area contributed by atoms with Crippen molar-refractivity contribution in [2.45, 2.75) is 44.2 Å². The van der Waals surface area contributed by atoms with E-state index in [0.717, 1.165) is 28.8 Å². The molecule has 1 atom stereocenters. The van der Waals surface area contributed by atoms with Gasteiger partial charge in [0.15, 0.2) is 4.80 Å². The third kappa shape index (κ3) is 5.10. The molecule has 1 aliphatic heterocycles. The molecule has 1 unspecified atom stereocenters. The van der Waals surface area contributed by atoms with Crippen LogP contribution in [0.15, 0.2) is 52.4 Å². The monoisotopic (exact) mass is 503 g/mol. The standard InChI is InChI=1S/C24H29N3O5S2/c1-4-27-21-13-10-18(31-5-2)15-22(21)33-24(27)25-23(28)17-8-11-20(12-9-17)34(29,30)26(3)16-19-7-6-14-32-19/h8-13,15,19H,4-7,14,16H2,1-3H3. The first kappa shape index (κ1) is 24.6. The average molecular weight is 504 g/mol. The summed E-state index contributed by atoms with van der Waals surface area (Å²) < 4.78 is 41.2. The molecule has 0 bridgehead atoms. The number of hydrogen-bond donors (Lipinski definition) is 0. The van der Waals surface area contributed by atoms with Crippen molar-refractivity contribution in [3.63, 3.8) is 0 Å². The van der Waals surface area contributed by atoms with E-state index in [2.05, 4.69) is 4.99 Å². The van der Waals surface area contributed by atoms with Gasteiger partial charge in [-0.1, -0.05) is 11.3 Å². The number of benzene rings is 2. The minimum Gasteiger partial charge on any atom is -0.494 e. The highest BCUT2D eigenvalue weighted by atomic mass is 32.2. The number of hydrogen-bond acceptors (Lipinski definition) is 6. The van der Waals surface area contributed by atoms with Gasteiger partial charge in [0.2, 0.25) is 10.0 Å². The highest BCUT2D eigenvalue weighted by molar-refractivity contribution is 7.89. The number of thiazole rings is 1. The highest BCUT2D eigenvalue weighted by Crippen LogP contribution is 2.24. The molecule has 2 heterocycles. The van der Waals surface area contributed by atoms with Gasteiger partial charge in [-0.2, -0.15) is 9.30 Å². The predicted octanol–water partition coefficient (Wildman–Crippen LogP) is 3.66. The van der Waals surface area contributed by atoms with Gasteiger partial charge < -0.3 is 14.0 Å². The third-order valence-electron chi connectivity index (χ3n) is 5.77. The molecule has 1 aromatic heterocycles. The van der Waals surface area contributed by atoms with Gasteiger partial charge in [-0.05, 0) is 69.2 Å². The zero-order chi connectivity index (χ0) is 24.3. The van der Waals surface area contributed by atoms with Crippen molar-refractivity contribution < 1.29 is 22.7 Å². The highest BCUT2D eigenvalue weighted by Gasteiger charge is 2.26. The van der Waals surface area contributed by atoms with E-state index in [1.807, 2.05) is 36.6 Å². The Balaban J connectivity index is 1.57. The molecule has 1 amide bonds. The Morgan fingerprint density at radius 1 is 1.24 bits per heavy atom. The van der Waals surface area contributed by atoms with Gasteiger partial charge in [-0.3, -0.25) is 4.79 Å². The maximum Gasteiger partial charge on any atom is 0.279 e. The minimum atomic E-state index is -3.67. The Hall–Kier alpha value is -2.53. The van der Waals surface area contributed by atoms with Gasteiger partial charge in [0.05, 0.1) is 27.8 Å². The minimum absolute atomic E-state index is 0.0735. The maximum atomic E-state index is 12.9. The molecule has 34 heavy (non-hydrogen) atoms. The first-order chi connectivity index (χ1) is 16.3. The molecule has 2 aromatic carbocycles. The number of aryl methyl sites for hydroxylation is 1. The molecule has 0 N–H and O–H groups in total. The quantitative estimate of drug-likeness (QED) is 0.468. The maximum absolute atomic E-state index is 12.9. The van der Waals surface area contributed by atoms with E-state index in [4.69, 9.17) is 9.47 Å². The fourth-order valence-corrected chi connectivity index (χ4v) is 6.30. The van der Waals surface area contributed by atoms with E-state index in [-0.39, 0.29) is 11.0 Å². The Morgan fingerprint density at radius 3 is 2.65 bits per heavy atom. The molecule has 1 saturated heterocycles. The molecule has 0 radical (unpaired) electrons. The van der Waals surface area contributed by atoms with Crippen LogP contribution in [0.1, 0.15) is 37.0 Å². The van der Waals surface area contributed by atoms with Gasteiger partial charge in [0.1, 0.15) is 5.75 Å². The van der Waals surface area contributed by atoms with Gasteiger partial charge in [0.25, 0.3) is 5.91 Å². The van der Waals surface area contributed by atoms with Crippen molar-refractivity contribution in [3.8, 4) is 5.75 Å². The van der Waals surface area contributed by atoms with Crippen LogP contribution in [0, 0.1) is 0 Å². The topological polar surface area (TPSA) is 90.2 Å². The van der Waals surface area contributed by atoms with E-state index >= 15 is 0 Å². The molecule has 1 aliphatic rings. The number of carbonyl (C=O) groups excluding carboxylic acids is 1. The first-order valence-corrected chi connectivity index (χ1v) is 13.6. The molecular formula is C24H29N3O5S2. The van der Waals surface area contributed by atoms with E-state index < -0.39 is 15.9 Å². The lowest BCUT2D eigenvalue weighted by Crippen LogP contribution is -2.34. The number of ether oxygens (including phenoxy) is 2. The van der Waals surface area contributed by atoms with Gasteiger partial charge in [-0.15, -0.1) is 0 Å². The SMILES string of the molecule is CCOc1ccc2c(c1)sc(=NC(=O)c1ccc(S(=O)(=O)N(C)CC3CCCO3)cc1)n2CC. The van der Waals surface area contributed by atoms with Crippen LogP contribution < -0.4 is 9.54 Å². The fourth-order valence-electron chi connectivity index (χ4n) is 3.97. The second kappa shape index (κ2) is 10.4. The van der Waals surface area contributed by atoms with Crippen LogP contribution in [0.4, 0.5) is 0 Å². The number of nitrogens with zero attached hydrogens (tertiary/aromatic N) is 3. The number of carbonyl (C=O) groups is 1. The van der Waals surface area contributed by atoms with E-state index in [1.165, 1.54) is 39.9 Å². The Kier molecular flexibility index (Phi) is 7.51. The van der Waals surface area contributed by atoms with Crippen molar-refractivity contribution in [1.82, 2.24) is 8.87 Å². The van der Waals surface area contributed by atoms with Crippen LogP contribution in [0.25, 0.3) is 10.2 Å². The second-order valence-corrected chi connectivity index (χ2v) is 11.1. The summed E-state index contributed by atoms with van der Waals surface area (Å²) in [6, 6.07) is 11.8. The summed E-state index contributed by atoms with van der Waals surface area (Å²) in [5.74, 6) is 0.356. The number of amides is 1. The summed E-state index contributed by atoms with van der Waals surface area (Å²) in [5.41, 5.74) is 1.31. The molecule has 0 saturated carbocycles. The number of likely N-dealkylation sites (N-methyl/N-ethyl adjacent to an activating group) is 1. The van der Waals surface area contributed by atoms with Crippen molar-refractivity contribution in [2.75, 3.05) is 26.8 Å². The molecule has 4 rings (SSSR count). The summed E-state index contributed by atoms with van der Waals surface area (Å²) in [7, 11) is -2.12. The van der Waals surface area contributed by atoms with Crippen molar-refractivity contribution in [1.29, 1.82) is 0 Å². The summed E-state index contributed by atoms with van der Waals surface area (Å²) >= 11 is 1.42. The normalized spacial score (nSPS) is 17.1. The Bertz CT molecular complexity index is 1340. The van der Waals surface area contributed by atoms with Crippen LogP contribution >= 0.6 is 11.3 Å². The lowest BCUT2D eigenvalue weighted by Gasteiger charge is -2.20. The lowest BCUT2D eigenvalue weighted by molar-refractivity contribution is 0.0979. The van der Waals surface area contributed by atoms with Crippen LogP contribution in [0.5, 0.6) is 5.75 Å². The van der Waals surface area contributed by atoms with Gasteiger partial charge >= 0.3 is 0 Å². The van der Waals surface area contributed by atoms with Crippen molar-refractivity contribution in [3.05, 3.63) is 52.8 Å². The van der Waals surface area contributed by atoms with Crippen molar-refractivity contribution in [2.24, 2.45) is 4.99 Å². The number of aromatic nitrogens is 1. The van der Waals surface area contributed by atoms with Gasteiger partial charge in [-0.25, -0.2) is 8.42 Å². The van der Waals surface area contributed by atoms with Crippen LogP contribution in [0.2, 0.25) is 0 Å². The lowest BCUT2D eigenvalue weighted by atomic mass is 10.2. The summed E-state index contributed by atoms with van der Waals surface area (Å²) in [6.45, 7) is 6.16. The van der Waals surface area contributed by atoms with Crippen LogP contribution in [-0.2, 0) is 21.3 Å². The van der Waals surface area contributed by atoms with Gasteiger partial charge in [0, 0.05) is 32.3 Å². The summed E-state index contributed by atoms with van der Waals surface area (Å²) in [4.78, 5) is 17.9. The van der Waals surface area contributed by atoms with E-state index in [1.54, 1.807) is 7.05 Å². The third-order valence-corrected chi connectivity index (χ3v) is 8.65. The molecule has 8 nitrogen and oxygen atoms in total. The van der Waals surface area contributed by atoms with Crippen molar-refractivity contribution >= 4 is 37.5 Å². The smallest absolute Gasteiger partial charge is 0.279 e. The molecule has 0 aliphatic carbocycles. The summed E-state index contributed by atoms with van der Waals surface area (Å²) in [5, 5.41) is 0.